The van der Waals surface area contributed by atoms with Gasteiger partial charge in [-0.2, -0.15) is 5.10 Å². The molecule has 2 aromatic carbocycles. The fraction of sp³-hybridized carbons (Fsp3) is 0.440. The van der Waals surface area contributed by atoms with Crippen LogP contribution in [0, 0.1) is 0 Å². The number of hydrogen-bond acceptors (Lipinski definition) is 3. The number of amides is 1. The molecular formula is C25H31ClN4O. The number of aromatic nitrogens is 2. The number of rotatable bonds is 8. The molecule has 1 aliphatic heterocycles. The van der Waals surface area contributed by atoms with Crippen molar-refractivity contribution in [3.8, 4) is 11.3 Å². The van der Waals surface area contributed by atoms with E-state index in [0.717, 1.165) is 35.1 Å². The van der Waals surface area contributed by atoms with Gasteiger partial charge in [-0.25, -0.2) is 0 Å². The summed E-state index contributed by atoms with van der Waals surface area (Å²) < 4.78 is 1.78. The third-order valence-corrected chi connectivity index (χ3v) is 6.45. The molecule has 1 amide bonds. The Bertz CT molecular complexity index is 1020. The van der Waals surface area contributed by atoms with Gasteiger partial charge in [-0.15, -0.1) is 0 Å². The molecule has 1 atom stereocenters. The number of fused-ring (bicyclic) bond motifs is 1. The number of nitrogens with zero attached hydrogens (tertiary/aromatic N) is 3. The zero-order chi connectivity index (χ0) is 21.6. The third kappa shape index (κ3) is 5.28. The van der Waals surface area contributed by atoms with E-state index in [9.17, 15) is 4.79 Å². The van der Waals surface area contributed by atoms with Crippen LogP contribution in [0.4, 0.5) is 0 Å². The first kappa shape index (κ1) is 21.8. The van der Waals surface area contributed by atoms with E-state index in [4.69, 9.17) is 16.7 Å². The summed E-state index contributed by atoms with van der Waals surface area (Å²) in [6.45, 7) is 5.42. The van der Waals surface area contributed by atoms with Gasteiger partial charge in [-0.1, -0.05) is 55.3 Å². The lowest BCUT2D eigenvalue weighted by atomic mass is 10.00. The van der Waals surface area contributed by atoms with Crippen LogP contribution in [0.2, 0.25) is 5.02 Å². The highest BCUT2D eigenvalue weighted by Crippen LogP contribution is 2.30. The van der Waals surface area contributed by atoms with Crippen molar-refractivity contribution in [1.82, 2.24) is 20.0 Å². The second-order valence-corrected chi connectivity index (χ2v) is 8.77. The predicted octanol–water partition coefficient (Wildman–Crippen LogP) is 5.13. The molecule has 4 rings (SSSR count). The standard InChI is InChI=1S/C25H31ClN4O/c1-2-21-11-6-7-15-29(21)16-8-14-27-24(31)18-30-23-13-12-20(26)17-22(23)25(28-30)19-9-4-3-5-10-19/h3-5,9-10,12-13,17,21H,2,6-8,11,14-16,18H2,1H3,(H,27,31)/t21-/m1/s1. The van der Waals surface area contributed by atoms with Crippen molar-refractivity contribution in [2.45, 2.75) is 51.6 Å². The Morgan fingerprint density at radius 2 is 2.03 bits per heavy atom. The minimum absolute atomic E-state index is 0.00959. The largest absolute Gasteiger partial charge is 0.354 e. The van der Waals surface area contributed by atoms with Gasteiger partial charge < -0.3 is 10.2 Å². The Hall–Kier alpha value is -2.37. The highest BCUT2D eigenvalue weighted by molar-refractivity contribution is 6.31. The number of hydrogen-bond donors (Lipinski definition) is 1. The molecule has 6 heteroatoms. The molecule has 1 fully saturated rings. The Morgan fingerprint density at radius 1 is 1.19 bits per heavy atom. The average molecular weight is 439 g/mol. The molecule has 0 saturated carbocycles. The van der Waals surface area contributed by atoms with E-state index in [-0.39, 0.29) is 12.5 Å². The Balaban J connectivity index is 1.39. The SMILES string of the molecule is CC[C@@H]1CCCCN1CCCNC(=O)Cn1nc(-c2ccccc2)c2cc(Cl)ccc21. The van der Waals surface area contributed by atoms with Gasteiger partial charge in [0.2, 0.25) is 5.91 Å². The lowest BCUT2D eigenvalue weighted by molar-refractivity contribution is -0.121. The van der Waals surface area contributed by atoms with E-state index in [0.29, 0.717) is 17.6 Å². The Kier molecular flexibility index (Phi) is 7.25. The van der Waals surface area contributed by atoms with Gasteiger partial charge in [0.1, 0.15) is 12.2 Å². The Labute approximate surface area is 189 Å². The summed E-state index contributed by atoms with van der Waals surface area (Å²) in [6.07, 6.45) is 6.14. The monoisotopic (exact) mass is 438 g/mol. The van der Waals surface area contributed by atoms with Crippen molar-refractivity contribution in [2.24, 2.45) is 0 Å². The van der Waals surface area contributed by atoms with E-state index < -0.39 is 0 Å². The maximum atomic E-state index is 12.6. The van der Waals surface area contributed by atoms with Crippen molar-refractivity contribution in [1.29, 1.82) is 0 Å². The van der Waals surface area contributed by atoms with E-state index in [2.05, 4.69) is 17.1 Å². The van der Waals surface area contributed by atoms with E-state index in [1.807, 2.05) is 48.5 Å². The number of carbonyl (C=O) groups is 1. The van der Waals surface area contributed by atoms with Gasteiger partial charge in [-0.05, 0) is 50.4 Å². The molecular weight excluding hydrogens is 408 g/mol. The zero-order valence-corrected chi connectivity index (χ0v) is 18.9. The lowest BCUT2D eigenvalue weighted by Gasteiger charge is -2.35. The number of piperidine rings is 1. The first-order chi connectivity index (χ1) is 15.2. The highest BCUT2D eigenvalue weighted by atomic mass is 35.5. The molecule has 1 N–H and O–H groups in total. The summed E-state index contributed by atoms with van der Waals surface area (Å²) in [4.78, 5) is 15.2. The molecule has 1 aromatic heterocycles. The lowest BCUT2D eigenvalue weighted by Crippen LogP contribution is -2.40. The van der Waals surface area contributed by atoms with Crippen LogP contribution in [0.15, 0.2) is 48.5 Å². The average Bonchev–Trinajstić information content (AvgIpc) is 3.14. The number of nitrogens with one attached hydrogen (secondary N) is 1. The second kappa shape index (κ2) is 10.3. The summed E-state index contributed by atoms with van der Waals surface area (Å²) in [5.74, 6) is -0.00959. The van der Waals surface area contributed by atoms with Gasteiger partial charge in [0.05, 0.1) is 5.52 Å². The van der Waals surface area contributed by atoms with Crippen LogP contribution in [-0.4, -0.2) is 46.3 Å². The van der Waals surface area contributed by atoms with Crippen LogP contribution in [0.5, 0.6) is 0 Å². The molecule has 5 nitrogen and oxygen atoms in total. The fourth-order valence-corrected chi connectivity index (χ4v) is 4.77. The van der Waals surface area contributed by atoms with Gasteiger partial charge in [-0.3, -0.25) is 9.48 Å². The first-order valence-corrected chi connectivity index (χ1v) is 11.8. The summed E-state index contributed by atoms with van der Waals surface area (Å²) in [5.41, 5.74) is 2.78. The molecule has 0 unspecified atom stereocenters. The van der Waals surface area contributed by atoms with E-state index in [1.165, 1.54) is 32.2 Å². The van der Waals surface area contributed by atoms with Gasteiger partial charge >= 0.3 is 0 Å². The topological polar surface area (TPSA) is 50.2 Å². The van der Waals surface area contributed by atoms with Crippen LogP contribution in [0.1, 0.15) is 39.0 Å². The van der Waals surface area contributed by atoms with E-state index >= 15 is 0 Å². The summed E-state index contributed by atoms with van der Waals surface area (Å²) in [5, 5.41) is 9.45. The number of carbonyl (C=O) groups excluding carboxylic acids is 1. The first-order valence-electron chi connectivity index (χ1n) is 11.4. The molecule has 31 heavy (non-hydrogen) atoms. The molecule has 2 heterocycles. The van der Waals surface area contributed by atoms with Crippen LogP contribution in [0.25, 0.3) is 22.2 Å². The van der Waals surface area contributed by atoms with Gasteiger partial charge in [0, 0.05) is 35.1 Å². The highest BCUT2D eigenvalue weighted by Gasteiger charge is 2.20. The molecule has 3 aromatic rings. The molecule has 1 aliphatic rings. The van der Waals surface area contributed by atoms with Crippen LogP contribution < -0.4 is 5.32 Å². The maximum Gasteiger partial charge on any atom is 0.241 e. The summed E-state index contributed by atoms with van der Waals surface area (Å²) in [7, 11) is 0. The minimum Gasteiger partial charge on any atom is -0.354 e. The molecule has 0 bridgehead atoms. The smallest absolute Gasteiger partial charge is 0.241 e. The number of halogens is 1. The maximum absolute atomic E-state index is 12.6. The summed E-state index contributed by atoms with van der Waals surface area (Å²) >= 11 is 6.24. The molecule has 1 saturated heterocycles. The molecule has 164 valence electrons. The quantitative estimate of drug-likeness (QED) is 0.496. The van der Waals surface area contributed by atoms with Crippen LogP contribution >= 0.6 is 11.6 Å². The van der Waals surface area contributed by atoms with Crippen molar-refractivity contribution in [2.75, 3.05) is 19.6 Å². The molecule has 0 spiro atoms. The number of benzene rings is 2. The van der Waals surface area contributed by atoms with E-state index in [1.54, 1.807) is 4.68 Å². The van der Waals surface area contributed by atoms with Gasteiger partial charge in [0.15, 0.2) is 0 Å². The predicted molar refractivity (Wildman–Crippen MR) is 127 cm³/mol. The van der Waals surface area contributed by atoms with Crippen molar-refractivity contribution in [3.63, 3.8) is 0 Å². The van der Waals surface area contributed by atoms with Crippen molar-refractivity contribution in [3.05, 3.63) is 53.6 Å². The normalized spacial score (nSPS) is 17.2. The molecule has 0 aliphatic carbocycles. The minimum atomic E-state index is -0.00959. The Morgan fingerprint density at radius 3 is 2.84 bits per heavy atom. The summed E-state index contributed by atoms with van der Waals surface area (Å²) in [6, 6.07) is 16.4. The second-order valence-electron chi connectivity index (χ2n) is 8.33. The number of likely N-dealkylation sites (tertiary alicyclic amines) is 1. The van der Waals surface area contributed by atoms with Gasteiger partial charge in [0.25, 0.3) is 0 Å². The van der Waals surface area contributed by atoms with Crippen molar-refractivity contribution < 1.29 is 4.79 Å². The zero-order valence-electron chi connectivity index (χ0n) is 18.2. The fourth-order valence-electron chi connectivity index (χ4n) is 4.60. The third-order valence-electron chi connectivity index (χ3n) is 6.22. The van der Waals surface area contributed by atoms with Crippen molar-refractivity contribution >= 4 is 28.4 Å². The van der Waals surface area contributed by atoms with Crippen LogP contribution in [-0.2, 0) is 11.3 Å². The van der Waals surface area contributed by atoms with Crippen LogP contribution in [0.3, 0.4) is 0 Å². The molecule has 0 radical (unpaired) electrons.